The van der Waals surface area contributed by atoms with Crippen LogP contribution >= 0.6 is 0 Å². The van der Waals surface area contributed by atoms with E-state index in [2.05, 4.69) is 21.5 Å². The summed E-state index contributed by atoms with van der Waals surface area (Å²) in [7, 11) is 2.07. The van der Waals surface area contributed by atoms with Crippen molar-refractivity contribution in [2.45, 2.75) is 44.1 Å². The second-order valence-corrected chi connectivity index (χ2v) is 6.56. The van der Waals surface area contributed by atoms with Gasteiger partial charge in [0.15, 0.2) is 0 Å². The lowest BCUT2D eigenvalue weighted by Crippen LogP contribution is -2.42. The van der Waals surface area contributed by atoms with Gasteiger partial charge in [0.25, 0.3) is 0 Å². The van der Waals surface area contributed by atoms with Crippen LogP contribution in [0.15, 0.2) is 12.4 Å². The second-order valence-electron chi connectivity index (χ2n) is 6.56. The van der Waals surface area contributed by atoms with Crippen molar-refractivity contribution >= 4 is 6.09 Å². The number of amides is 1. The molecule has 0 aliphatic carbocycles. The Hall–Kier alpha value is -1.56. The minimum atomic E-state index is -0.769. The molecular formula is C16H26N4O2. The second kappa shape index (κ2) is 6.69. The number of nitrogens with zero attached hydrogens (tertiary/aromatic N) is 4. The summed E-state index contributed by atoms with van der Waals surface area (Å²) >= 11 is 0. The number of aromatic nitrogens is 2. The minimum absolute atomic E-state index is 0.548. The number of imidazole rings is 1. The SMILES string of the molecule is Cn1ccnc1C1CCN(C2CCCN(C(=O)O)CC2)CC1. The monoisotopic (exact) mass is 306 g/mol. The van der Waals surface area contributed by atoms with Gasteiger partial charge >= 0.3 is 6.09 Å². The van der Waals surface area contributed by atoms with Gasteiger partial charge in [-0.3, -0.25) is 0 Å². The molecule has 3 heterocycles. The summed E-state index contributed by atoms with van der Waals surface area (Å²) in [6, 6.07) is 0.548. The lowest BCUT2D eigenvalue weighted by Gasteiger charge is -2.37. The van der Waals surface area contributed by atoms with Crippen LogP contribution in [0.3, 0.4) is 0 Å². The van der Waals surface area contributed by atoms with Crippen LogP contribution in [-0.2, 0) is 7.05 Å². The maximum Gasteiger partial charge on any atom is 0.407 e. The summed E-state index contributed by atoms with van der Waals surface area (Å²) in [6.45, 7) is 3.58. The Morgan fingerprint density at radius 3 is 2.59 bits per heavy atom. The summed E-state index contributed by atoms with van der Waals surface area (Å²) < 4.78 is 2.14. The van der Waals surface area contributed by atoms with Crippen LogP contribution in [-0.4, -0.2) is 62.8 Å². The molecule has 6 nitrogen and oxygen atoms in total. The number of rotatable bonds is 2. The summed E-state index contributed by atoms with van der Waals surface area (Å²) in [6.07, 6.45) is 8.52. The van der Waals surface area contributed by atoms with Gasteiger partial charge in [0.1, 0.15) is 5.82 Å². The first kappa shape index (κ1) is 15.3. The van der Waals surface area contributed by atoms with Gasteiger partial charge in [0, 0.05) is 44.5 Å². The molecule has 1 atom stereocenters. The number of aryl methyl sites for hydroxylation is 1. The molecule has 2 aliphatic rings. The predicted octanol–water partition coefficient (Wildman–Crippen LogP) is 2.13. The average Bonchev–Trinajstić information content (AvgIpc) is 2.80. The fourth-order valence-corrected chi connectivity index (χ4v) is 3.93. The summed E-state index contributed by atoms with van der Waals surface area (Å²) in [5.74, 6) is 1.77. The fraction of sp³-hybridized carbons (Fsp3) is 0.750. The van der Waals surface area contributed by atoms with E-state index in [1.807, 2.05) is 12.4 Å². The Morgan fingerprint density at radius 2 is 1.95 bits per heavy atom. The smallest absolute Gasteiger partial charge is 0.407 e. The molecule has 22 heavy (non-hydrogen) atoms. The van der Waals surface area contributed by atoms with Crippen molar-refractivity contribution in [2.24, 2.45) is 7.05 Å². The lowest BCUT2D eigenvalue weighted by molar-refractivity contribution is 0.130. The van der Waals surface area contributed by atoms with E-state index in [1.54, 1.807) is 4.90 Å². The average molecular weight is 306 g/mol. The highest BCUT2D eigenvalue weighted by Crippen LogP contribution is 2.29. The van der Waals surface area contributed by atoms with Crippen LogP contribution in [0, 0.1) is 0 Å². The molecule has 1 amide bonds. The van der Waals surface area contributed by atoms with Gasteiger partial charge in [-0.15, -0.1) is 0 Å². The zero-order chi connectivity index (χ0) is 15.5. The van der Waals surface area contributed by atoms with Crippen LogP contribution in [0.4, 0.5) is 4.79 Å². The molecule has 3 rings (SSSR count). The van der Waals surface area contributed by atoms with E-state index in [4.69, 9.17) is 5.11 Å². The van der Waals surface area contributed by atoms with E-state index in [0.29, 0.717) is 25.0 Å². The molecule has 1 aromatic rings. The zero-order valence-corrected chi connectivity index (χ0v) is 13.3. The number of hydrogen-bond acceptors (Lipinski definition) is 3. The van der Waals surface area contributed by atoms with Crippen molar-refractivity contribution in [2.75, 3.05) is 26.2 Å². The van der Waals surface area contributed by atoms with Crippen LogP contribution in [0.2, 0.25) is 0 Å². The minimum Gasteiger partial charge on any atom is -0.465 e. The van der Waals surface area contributed by atoms with Crippen molar-refractivity contribution in [3.05, 3.63) is 18.2 Å². The van der Waals surface area contributed by atoms with E-state index in [1.165, 1.54) is 5.82 Å². The van der Waals surface area contributed by atoms with Crippen LogP contribution in [0.5, 0.6) is 0 Å². The highest BCUT2D eigenvalue weighted by molar-refractivity contribution is 5.64. The van der Waals surface area contributed by atoms with Gasteiger partial charge in [-0.05, 0) is 45.2 Å². The molecule has 0 bridgehead atoms. The molecule has 2 fully saturated rings. The molecule has 0 radical (unpaired) electrons. The van der Waals surface area contributed by atoms with Gasteiger partial charge < -0.3 is 19.5 Å². The largest absolute Gasteiger partial charge is 0.465 e. The van der Waals surface area contributed by atoms with E-state index in [9.17, 15) is 4.79 Å². The third-order valence-electron chi connectivity index (χ3n) is 5.24. The quantitative estimate of drug-likeness (QED) is 0.909. The van der Waals surface area contributed by atoms with Crippen LogP contribution in [0.25, 0.3) is 0 Å². The zero-order valence-electron chi connectivity index (χ0n) is 13.3. The maximum absolute atomic E-state index is 11.1. The van der Waals surface area contributed by atoms with Crippen molar-refractivity contribution in [3.63, 3.8) is 0 Å². The fourth-order valence-electron chi connectivity index (χ4n) is 3.93. The third kappa shape index (κ3) is 3.27. The highest BCUT2D eigenvalue weighted by Gasteiger charge is 2.29. The standard InChI is InChI=1S/C16H26N4O2/c1-18-12-7-17-15(18)13-4-9-19(10-5-13)14-3-2-8-20(11-6-14)16(21)22/h7,12-14H,2-6,8-11H2,1H3,(H,21,22). The molecular weight excluding hydrogens is 280 g/mol. The number of piperidine rings is 1. The molecule has 0 aromatic carbocycles. The molecule has 2 saturated heterocycles. The van der Waals surface area contributed by atoms with E-state index in [-0.39, 0.29) is 0 Å². The van der Waals surface area contributed by atoms with Gasteiger partial charge in [-0.2, -0.15) is 0 Å². The number of likely N-dealkylation sites (tertiary alicyclic amines) is 2. The first-order valence-electron chi connectivity index (χ1n) is 8.34. The molecule has 1 N–H and O–H groups in total. The first-order chi connectivity index (χ1) is 10.6. The maximum atomic E-state index is 11.1. The van der Waals surface area contributed by atoms with Crippen LogP contribution < -0.4 is 0 Å². The van der Waals surface area contributed by atoms with E-state index < -0.39 is 6.09 Å². The molecule has 0 saturated carbocycles. The van der Waals surface area contributed by atoms with E-state index >= 15 is 0 Å². The number of hydrogen-bond donors (Lipinski definition) is 1. The summed E-state index contributed by atoms with van der Waals surface area (Å²) in [5, 5.41) is 9.13. The Labute approximate surface area is 131 Å². The summed E-state index contributed by atoms with van der Waals surface area (Å²) in [5.41, 5.74) is 0. The Morgan fingerprint density at radius 1 is 1.18 bits per heavy atom. The van der Waals surface area contributed by atoms with Crippen molar-refractivity contribution in [3.8, 4) is 0 Å². The molecule has 1 unspecified atom stereocenters. The van der Waals surface area contributed by atoms with Gasteiger partial charge in [-0.1, -0.05) is 0 Å². The molecule has 1 aromatic heterocycles. The summed E-state index contributed by atoms with van der Waals surface area (Å²) in [4.78, 5) is 19.7. The first-order valence-corrected chi connectivity index (χ1v) is 8.34. The predicted molar refractivity (Wildman–Crippen MR) is 84.0 cm³/mol. The topological polar surface area (TPSA) is 61.6 Å². The van der Waals surface area contributed by atoms with Gasteiger partial charge in [0.2, 0.25) is 0 Å². The van der Waals surface area contributed by atoms with Crippen LogP contribution in [0.1, 0.15) is 43.8 Å². The Kier molecular flexibility index (Phi) is 4.66. The molecule has 122 valence electrons. The van der Waals surface area contributed by atoms with E-state index in [0.717, 1.165) is 45.2 Å². The number of carboxylic acid groups (broad SMARTS) is 1. The van der Waals surface area contributed by atoms with Crippen molar-refractivity contribution in [1.29, 1.82) is 0 Å². The van der Waals surface area contributed by atoms with Crippen molar-refractivity contribution in [1.82, 2.24) is 19.4 Å². The molecule has 2 aliphatic heterocycles. The molecule has 0 spiro atoms. The third-order valence-corrected chi connectivity index (χ3v) is 5.24. The Balaban J connectivity index is 1.53. The normalized spacial score (nSPS) is 25.1. The van der Waals surface area contributed by atoms with Gasteiger partial charge in [-0.25, -0.2) is 9.78 Å². The van der Waals surface area contributed by atoms with Gasteiger partial charge in [0.05, 0.1) is 0 Å². The lowest BCUT2D eigenvalue weighted by atomic mass is 9.93. The molecule has 6 heteroatoms. The Bertz CT molecular complexity index is 508. The number of carbonyl (C=O) groups is 1. The van der Waals surface area contributed by atoms with Crippen molar-refractivity contribution < 1.29 is 9.90 Å². The highest BCUT2D eigenvalue weighted by atomic mass is 16.4.